The Morgan fingerprint density at radius 1 is 1.14 bits per heavy atom. The van der Waals surface area contributed by atoms with E-state index in [1.54, 1.807) is 11.9 Å². The lowest BCUT2D eigenvalue weighted by molar-refractivity contribution is -0.136. The molecule has 2 amide bonds. The van der Waals surface area contributed by atoms with Gasteiger partial charge in [0.15, 0.2) is 0 Å². The van der Waals surface area contributed by atoms with E-state index in [1.165, 1.54) is 6.92 Å². The van der Waals surface area contributed by atoms with Crippen molar-refractivity contribution in [2.45, 2.75) is 57.3 Å². The number of carbonyl (C=O) groups excluding carboxylic acids is 2. The molecule has 1 aliphatic rings. The van der Waals surface area contributed by atoms with Gasteiger partial charge in [-0.3, -0.25) is 14.6 Å². The number of hydrogen-bond acceptors (Lipinski definition) is 5. The van der Waals surface area contributed by atoms with E-state index in [2.05, 4.69) is 51.9 Å². The second-order valence-corrected chi connectivity index (χ2v) is 10.5. The third-order valence-electron chi connectivity index (χ3n) is 7.26. The number of rotatable bonds is 11. The zero-order chi connectivity index (χ0) is 26.6. The van der Waals surface area contributed by atoms with E-state index < -0.39 is 12.2 Å². The lowest BCUT2D eigenvalue weighted by atomic mass is 9.95. The Hall–Kier alpha value is -3.49. The van der Waals surface area contributed by atoms with Gasteiger partial charge in [0.1, 0.15) is 6.17 Å². The van der Waals surface area contributed by atoms with Crippen LogP contribution in [0.3, 0.4) is 0 Å². The highest BCUT2D eigenvalue weighted by Gasteiger charge is 2.32. The molecule has 3 aromatic rings. The van der Waals surface area contributed by atoms with E-state index in [-0.39, 0.29) is 23.3 Å². The molecule has 2 aromatic carbocycles. The topological polar surface area (TPSA) is 102 Å². The van der Waals surface area contributed by atoms with Gasteiger partial charge in [0, 0.05) is 55.3 Å². The average molecular weight is 503 g/mol. The van der Waals surface area contributed by atoms with Crippen molar-refractivity contribution < 1.29 is 9.59 Å². The van der Waals surface area contributed by atoms with Crippen molar-refractivity contribution in [3.05, 3.63) is 65.9 Å². The van der Waals surface area contributed by atoms with Crippen LogP contribution in [0, 0.1) is 0 Å². The first kappa shape index (κ1) is 26.6. The van der Waals surface area contributed by atoms with Gasteiger partial charge >= 0.3 is 0 Å². The Morgan fingerprint density at radius 2 is 1.86 bits per heavy atom. The number of H-pyrrole nitrogens is 1. The SMILES string of the molecule is CNC(C)(C)CN[C@H](Cc1c[nH]c2ccccc12)C(=O)N(C)[C@H](CC1C=Nc2ccccc21)NC(C)=O. The van der Waals surface area contributed by atoms with Gasteiger partial charge in [0.05, 0.1) is 11.7 Å². The fourth-order valence-electron chi connectivity index (χ4n) is 4.78. The lowest BCUT2D eigenvalue weighted by Crippen LogP contribution is -2.57. The molecule has 0 fully saturated rings. The maximum atomic E-state index is 14.0. The monoisotopic (exact) mass is 502 g/mol. The molecular formula is C29H38N6O2. The molecule has 0 spiro atoms. The number of hydrogen-bond donors (Lipinski definition) is 4. The Kier molecular flexibility index (Phi) is 8.10. The summed E-state index contributed by atoms with van der Waals surface area (Å²) in [6.07, 6.45) is 4.48. The van der Waals surface area contributed by atoms with Crippen molar-refractivity contribution in [3.63, 3.8) is 0 Å². The Bertz CT molecular complexity index is 1280. The van der Waals surface area contributed by atoms with Crippen molar-refractivity contribution in [1.82, 2.24) is 25.8 Å². The predicted molar refractivity (Wildman–Crippen MR) is 149 cm³/mol. The number of nitrogens with zero attached hydrogens (tertiary/aromatic N) is 2. The van der Waals surface area contributed by atoms with Crippen molar-refractivity contribution in [2.75, 3.05) is 20.6 Å². The summed E-state index contributed by atoms with van der Waals surface area (Å²) >= 11 is 0. The van der Waals surface area contributed by atoms with E-state index in [0.717, 1.165) is 27.7 Å². The molecule has 0 aliphatic carbocycles. The van der Waals surface area contributed by atoms with Crippen LogP contribution >= 0.6 is 0 Å². The number of nitrogens with one attached hydrogen (secondary N) is 4. The van der Waals surface area contributed by atoms with Gasteiger partial charge in [-0.2, -0.15) is 0 Å². The van der Waals surface area contributed by atoms with Crippen LogP contribution in [0.4, 0.5) is 5.69 Å². The molecule has 0 saturated heterocycles. The molecule has 3 atom stereocenters. The van der Waals surface area contributed by atoms with Gasteiger partial charge in [-0.15, -0.1) is 0 Å². The maximum Gasteiger partial charge on any atom is 0.241 e. The molecule has 1 aromatic heterocycles. The molecule has 4 rings (SSSR count). The number of fused-ring (bicyclic) bond motifs is 2. The number of amides is 2. The first-order valence-corrected chi connectivity index (χ1v) is 12.8. The Labute approximate surface area is 218 Å². The van der Waals surface area contributed by atoms with Crippen LogP contribution in [0.5, 0.6) is 0 Å². The van der Waals surface area contributed by atoms with Crippen molar-refractivity contribution in [1.29, 1.82) is 0 Å². The third-order valence-corrected chi connectivity index (χ3v) is 7.26. The highest BCUT2D eigenvalue weighted by atomic mass is 16.2. The summed E-state index contributed by atoms with van der Waals surface area (Å²) in [7, 11) is 3.69. The van der Waals surface area contributed by atoms with Crippen molar-refractivity contribution in [2.24, 2.45) is 4.99 Å². The molecule has 8 nitrogen and oxygen atoms in total. The molecule has 4 N–H and O–H groups in total. The fraction of sp³-hybridized carbons (Fsp3) is 0.414. The van der Waals surface area contributed by atoms with Gasteiger partial charge in [-0.05, 0) is 57.0 Å². The van der Waals surface area contributed by atoms with Crippen LogP contribution in [0.15, 0.2) is 59.7 Å². The number of likely N-dealkylation sites (N-methyl/N-ethyl adjacent to an activating group) is 2. The molecular weight excluding hydrogens is 464 g/mol. The van der Waals surface area contributed by atoms with E-state index in [1.807, 2.05) is 55.9 Å². The molecule has 0 saturated carbocycles. The van der Waals surface area contributed by atoms with Gasteiger partial charge in [0.25, 0.3) is 0 Å². The van der Waals surface area contributed by atoms with E-state index >= 15 is 0 Å². The predicted octanol–water partition coefficient (Wildman–Crippen LogP) is 3.48. The van der Waals surface area contributed by atoms with Crippen molar-refractivity contribution >= 4 is 34.6 Å². The quantitative estimate of drug-likeness (QED) is 0.302. The summed E-state index contributed by atoms with van der Waals surface area (Å²) in [6, 6.07) is 15.6. The van der Waals surface area contributed by atoms with Gasteiger partial charge < -0.3 is 25.8 Å². The number of aliphatic imine (C=N–C) groups is 1. The minimum absolute atomic E-state index is 0.0200. The molecule has 37 heavy (non-hydrogen) atoms. The first-order chi connectivity index (χ1) is 17.7. The van der Waals surface area contributed by atoms with E-state index in [9.17, 15) is 9.59 Å². The molecule has 0 radical (unpaired) electrons. The van der Waals surface area contributed by atoms with Crippen LogP contribution < -0.4 is 16.0 Å². The largest absolute Gasteiger partial charge is 0.361 e. The number of para-hydroxylation sites is 2. The van der Waals surface area contributed by atoms with Crippen LogP contribution in [-0.2, 0) is 16.0 Å². The second-order valence-electron chi connectivity index (χ2n) is 10.5. The molecule has 8 heteroatoms. The van der Waals surface area contributed by atoms with E-state index in [0.29, 0.717) is 19.4 Å². The summed E-state index contributed by atoms with van der Waals surface area (Å²) in [5.74, 6) is -0.226. The lowest BCUT2D eigenvalue weighted by Gasteiger charge is -2.34. The molecule has 1 aliphatic heterocycles. The van der Waals surface area contributed by atoms with Gasteiger partial charge in [-0.25, -0.2) is 0 Å². The second kappa shape index (κ2) is 11.3. The highest BCUT2D eigenvalue weighted by molar-refractivity contribution is 5.87. The number of benzene rings is 2. The maximum absolute atomic E-state index is 14.0. The zero-order valence-corrected chi connectivity index (χ0v) is 22.3. The number of aromatic amines is 1. The van der Waals surface area contributed by atoms with Crippen LogP contribution in [0.25, 0.3) is 10.9 Å². The third kappa shape index (κ3) is 6.26. The van der Waals surface area contributed by atoms with Crippen LogP contribution in [-0.4, -0.2) is 66.3 Å². The standard InChI is InChI=1S/C29H38N6O2/c1-19(36)34-27(15-21-17-32-25-13-9-7-11-23(21)25)35(5)28(37)26(33-18-29(2,3)30-4)14-20-16-31-24-12-8-6-10-22(20)24/h6-13,16-17,21,26-27,30-31,33H,14-15,18H2,1-5H3,(H,34,36)/t21?,26-,27-/m1/s1. The summed E-state index contributed by atoms with van der Waals surface area (Å²) in [5, 5.41) is 10.9. The summed E-state index contributed by atoms with van der Waals surface area (Å²) in [5.41, 5.74) is 3.98. The van der Waals surface area contributed by atoms with Crippen molar-refractivity contribution in [3.8, 4) is 0 Å². The van der Waals surface area contributed by atoms with Crippen LogP contribution in [0.1, 0.15) is 44.2 Å². The summed E-state index contributed by atoms with van der Waals surface area (Å²) < 4.78 is 0. The van der Waals surface area contributed by atoms with Gasteiger partial charge in [0.2, 0.25) is 11.8 Å². The highest BCUT2D eigenvalue weighted by Crippen LogP contribution is 2.34. The normalized spacial score (nSPS) is 16.4. The molecule has 0 bridgehead atoms. The Balaban J connectivity index is 1.57. The average Bonchev–Trinajstić information content (AvgIpc) is 3.49. The first-order valence-electron chi connectivity index (χ1n) is 12.8. The van der Waals surface area contributed by atoms with Gasteiger partial charge in [-0.1, -0.05) is 36.4 Å². The molecule has 1 unspecified atom stereocenters. The minimum atomic E-state index is -0.475. The summed E-state index contributed by atoms with van der Waals surface area (Å²) in [6.45, 7) is 6.27. The zero-order valence-electron chi connectivity index (χ0n) is 22.3. The molecule has 196 valence electrons. The number of carbonyl (C=O) groups is 2. The number of aromatic nitrogens is 1. The Morgan fingerprint density at radius 3 is 2.62 bits per heavy atom. The summed E-state index contributed by atoms with van der Waals surface area (Å²) in [4.78, 5) is 35.7. The smallest absolute Gasteiger partial charge is 0.241 e. The molecule has 2 heterocycles. The fourth-order valence-corrected chi connectivity index (χ4v) is 4.78. The van der Waals surface area contributed by atoms with E-state index in [4.69, 9.17) is 0 Å². The van der Waals surface area contributed by atoms with Crippen LogP contribution in [0.2, 0.25) is 0 Å². The minimum Gasteiger partial charge on any atom is -0.361 e.